The summed E-state index contributed by atoms with van der Waals surface area (Å²) in [5.41, 5.74) is -0.836. The van der Waals surface area contributed by atoms with Crippen molar-refractivity contribution in [1.82, 2.24) is 4.90 Å². The van der Waals surface area contributed by atoms with E-state index in [1.54, 1.807) is 13.1 Å². The molecule has 1 N–H and O–H groups in total. The Kier molecular flexibility index (Phi) is 4.62. The minimum Gasteiger partial charge on any atom is -0.462 e. The van der Waals surface area contributed by atoms with E-state index >= 15 is 0 Å². The molecular weight excluding hydrogens is 258 g/mol. The zero-order chi connectivity index (χ0) is 14.6. The number of likely N-dealkylation sites (N-methyl/N-ethyl adjacent to an activating group) is 1. The minimum atomic E-state index is -0.836. The topological polar surface area (TPSA) is 62.9 Å². The largest absolute Gasteiger partial charge is 0.462 e. The van der Waals surface area contributed by atoms with Crippen molar-refractivity contribution in [1.29, 1.82) is 0 Å². The molecule has 5 nitrogen and oxygen atoms in total. The zero-order valence-electron chi connectivity index (χ0n) is 12.0. The molecule has 1 aromatic rings. The first-order chi connectivity index (χ1) is 9.48. The lowest BCUT2D eigenvalue weighted by Crippen LogP contribution is -2.47. The van der Waals surface area contributed by atoms with E-state index in [9.17, 15) is 9.90 Å². The van der Waals surface area contributed by atoms with E-state index in [1.165, 1.54) is 11.0 Å². The van der Waals surface area contributed by atoms with Gasteiger partial charge in [-0.1, -0.05) is 0 Å². The molecule has 1 aliphatic heterocycles. The fraction of sp³-hybridized carbons (Fsp3) is 0.533. The molecule has 1 aliphatic rings. The first kappa shape index (κ1) is 14.8. The Morgan fingerprint density at radius 1 is 1.45 bits per heavy atom. The van der Waals surface area contributed by atoms with Gasteiger partial charge in [0.25, 0.3) is 0 Å². The fourth-order valence-corrected chi connectivity index (χ4v) is 2.25. The van der Waals surface area contributed by atoms with Crippen LogP contribution in [0.15, 0.2) is 22.6 Å². The number of furan rings is 1. The van der Waals surface area contributed by atoms with Crippen molar-refractivity contribution in [3.63, 3.8) is 0 Å². The SMILES string of the molecule is Cc1ccc(/C=C/C(=O)N(C)CC2(O)CCOCC2)o1. The second kappa shape index (κ2) is 6.24. The number of ether oxygens (including phenoxy) is 1. The smallest absolute Gasteiger partial charge is 0.246 e. The number of carbonyl (C=O) groups is 1. The van der Waals surface area contributed by atoms with Crippen LogP contribution < -0.4 is 0 Å². The van der Waals surface area contributed by atoms with Gasteiger partial charge in [-0.3, -0.25) is 4.79 Å². The highest BCUT2D eigenvalue weighted by molar-refractivity contribution is 5.91. The van der Waals surface area contributed by atoms with Gasteiger partial charge < -0.3 is 19.2 Å². The average Bonchev–Trinajstić information content (AvgIpc) is 2.82. The van der Waals surface area contributed by atoms with E-state index in [2.05, 4.69) is 0 Å². The molecule has 1 saturated heterocycles. The van der Waals surface area contributed by atoms with E-state index in [1.807, 2.05) is 19.1 Å². The third-order valence-electron chi connectivity index (χ3n) is 3.48. The van der Waals surface area contributed by atoms with Gasteiger partial charge in [0, 0.05) is 45.7 Å². The standard InChI is InChI=1S/C15H21NO4/c1-12-3-4-13(20-12)5-6-14(17)16(2)11-15(18)7-9-19-10-8-15/h3-6,18H,7-11H2,1-2H3/b6-5+. The summed E-state index contributed by atoms with van der Waals surface area (Å²) in [7, 11) is 1.69. The second-order valence-corrected chi connectivity index (χ2v) is 5.31. The summed E-state index contributed by atoms with van der Waals surface area (Å²) in [5, 5.41) is 10.4. The predicted octanol–water partition coefficient (Wildman–Crippen LogP) is 1.60. The normalized spacial score (nSPS) is 18.4. The van der Waals surface area contributed by atoms with Gasteiger partial charge in [0.15, 0.2) is 0 Å². The quantitative estimate of drug-likeness (QED) is 0.850. The van der Waals surface area contributed by atoms with Crippen molar-refractivity contribution in [3.8, 4) is 0 Å². The molecule has 1 amide bonds. The molecule has 1 fully saturated rings. The summed E-state index contributed by atoms with van der Waals surface area (Å²) >= 11 is 0. The maximum Gasteiger partial charge on any atom is 0.246 e. The van der Waals surface area contributed by atoms with Crippen LogP contribution >= 0.6 is 0 Å². The number of hydrogen-bond acceptors (Lipinski definition) is 4. The lowest BCUT2D eigenvalue weighted by molar-refractivity contribution is -0.131. The summed E-state index contributed by atoms with van der Waals surface area (Å²) in [6.45, 7) is 3.25. The summed E-state index contributed by atoms with van der Waals surface area (Å²) in [4.78, 5) is 13.5. The van der Waals surface area contributed by atoms with Crippen LogP contribution in [-0.2, 0) is 9.53 Å². The second-order valence-electron chi connectivity index (χ2n) is 5.31. The van der Waals surface area contributed by atoms with Crippen LogP contribution in [0.2, 0.25) is 0 Å². The highest BCUT2D eigenvalue weighted by atomic mass is 16.5. The molecule has 5 heteroatoms. The van der Waals surface area contributed by atoms with Gasteiger partial charge in [0.05, 0.1) is 5.60 Å². The molecule has 20 heavy (non-hydrogen) atoms. The fourth-order valence-electron chi connectivity index (χ4n) is 2.25. The van der Waals surface area contributed by atoms with E-state index < -0.39 is 5.60 Å². The number of aliphatic hydroxyl groups is 1. The monoisotopic (exact) mass is 279 g/mol. The predicted molar refractivity (Wildman–Crippen MR) is 75.1 cm³/mol. The molecule has 1 aromatic heterocycles. The maximum atomic E-state index is 12.0. The third-order valence-corrected chi connectivity index (χ3v) is 3.48. The molecule has 0 spiro atoms. The van der Waals surface area contributed by atoms with Gasteiger partial charge in [0.1, 0.15) is 11.5 Å². The Balaban J connectivity index is 1.90. The summed E-state index contributed by atoms with van der Waals surface area (Å²) in [6, 6.07) is 3.66. The summed E-state index contributed by atoms with van der Waals surface area (Å²) in [5.74, 6) is 1.30. The number of carbonyl (C=O) groups excluding carboxylic acids is 1. The van der Waals surface area contributed by atoms with Gasteiger partial charge in [-0.05, 0) is 25.1 Å². The van der Waals surface area contributed by atoms with Gasteiger partial charge >= 0.3 is 0 Å². The molecule has 0 aliphatic carbocycles. The van der Waals surface area contributed by atoms with Crippen molar-refractivity contribution >= 4 is 12.0 Å². The van der Waals surface area contributed by atoms with Crippen molar-refractivity contribution in [2.24, 2.45) is 0 Å². The Morgan fingerprint density at radius 3 is 2.75 bits per heavy atom. The molecule has 110 valence electrons. The van der Waals surface area contributed by atoms with Gasteiger partial charge in [0.2, 0.25) is 5.91 Å². The molecule has 2 heterocycles. The van der Waals surface area contributed by atoms with Crippen molar-refractivity contribution in [2.75, 3.05) is 26.8 Å². The van der Waals surface area contributed by atoms with Gasteiger partial charge in [-0.2, -0.15) is 0 Å². The number of hydrogen-bond donors (Lipinski definition) is 1. The molecule has 0 unspecified atom stereocenters. The van der Waals surface area contributed by atoms with Crippen LogP contribution in [0.3, 0.4) is 0 Å². The first-order valence-corrected chi connectivity index (χ1v) is 6.78. The molecule has 0 aromatic carbocycles. The number of rotatable bonds is 4. The van der Waals surface area contributed by atoms with Gasteiger partial charge in [-0.25, -0.2) is 0 Å². The van der Waals surface area contributed by atoms with Crippen molar-refractivity contribution in [2.45, 2.75) is 25.4 Å². The molecular formula is C15H21NO4. The van der Waals surface area contributed by atoms with Gasteiger partial charge in [-0.15, -0.1) is 0 Å². The maximum absolute atomic E-state index is 12.0. The highest BCUT2D eigenvalue weighted by Gasteiger charge is 2.31. The van der Waals surface area contributed by atoms with E-state index in [4.69, 9.17) is 9.15 Å². The molecule has 2 rings (SSSR count). The highest BCUT2D eigenvalue weighted by Crippen LogP contribution is 2.21. The van der Waals surface area contributed by atoms with Crippen LogP contribution in [0.25, 0.3) is 6.08 Å². The average molecular weight is 279 g/mol. The lowest BCUT2D eigenvalue weighted by Gasteiger charge is -2.35. The minimum absolute atomic E-state index is 0.154. The number of amides is 1. The number of aryl methyl sites for hydroxylation is 1. The first-order valence-electron chi connectivity index (χ1n) is 6.78. The van der Waals surface area contributed by atoms with E-state index in [0.29, 0.717) is 38.4 Å². The van der Waals surface area contributed by atoms with Crippen LogP contribution in [0.4, 0.5) is 0 Å². The Labute approximate surface area is 118 Å². The lowest BCUT2D eigenvalue weighted by atomic mass is 9.94. The Hall–Kier alpha value is -1.59. The number of nitrogens with zero attached hydrogens (tertiary/aromatic N) is 1. The van der Waals surface area contributed by atoms with Crippen LogP contribution in [0, 0.1) is 6.92 Å². The Morgan fingerprint density at radius 2 is 2.15 bits per heavy atom. The summed E-state index contributed by atoms with van der Waals surface area (Å²) in [6.07, 6.45) is 4.22. The molecule has 0 saturated carbocycles. The van der Waals surface area contributed by atoms with E-state index in [0.717, 1.165) is 5.76 Å². The van der Waals surface area contributed by atoms with Crippen LogP contribution in [0.5, 0.6) is 0 Å². The Bertz CT molecular complexity index is 486. The summed E-state index contributed by atoms with van der Waals surface area (Å²) < 4.78 is 10.6. The molecule has 0 radical (unpaired) electrons. The zero-order valence-corrected chi connectivity index (χ0v) is 12.0. The van der Waals surface area contributed by atoms with Crippen LogP contribution in [-0.4, -0.2) is 48.3 Å². The molecule has 0 bridgehead atoms. The van der Waals surface area contributed by atoms with E-state index in [-0.39, 0.29) is 5.91 Å². The molecule has 0 atom stereocenters. The van der Waals surface area contributed by atoms with Crippen LogP contribution in [0.1, 0.15) is 24.4 Å². The van der Waals surface area contributed by atoms with Crippen molar-refractivity contribution < 1.29 is 19.1 Å². The third kappa shape index (κ3) is 3.95. The van der Waals surface area contributed by atoms with Crippen molar-refractivity contribution in [3.05, 3.63) is 29.7 Å².